The van der Waals surface area contributed by atoms with E-state index in [1.165, 1.54) is 32.8 Å². The molecule has 0 bridgehead atoms. The molecule has 20 heavy (non-hydrogen) atoms. The Morgan fingerprint density at radius 3 is 2.80 bits per heavy atom. The Hall–Kier alpha value is -1.10. The second-order valence-electron chi connectivity index (χ2n) is 5.82. The highest BCUT2D eigenvalue weighted by atomic mass is 32.1. The molecule has 1 heterocycles. The monoisotopic (exact) mass is 296 g/mol. The molecule has 1 aromatic rings. The van der Waals surface area contributed by atoms with Crippen molar-refractivity contribution in [2.45, 2.75) is 52.0 Å². The Morgan fingerprint density at radius 2 is 2.20 bits per heavy atom. The van der Waals surface area contributed by atoms with Gasteiger partial charge < -0.3 is 9.64 Å². The fraction of sp³-hybridized carbons (Fsp3) is 0.733. The number of methoxy groups -OCH3 is 1. The van der Waals surface area contributed by atoms with E-state index in [4.69, 9.17) is 4.74 Å². The van der Waals surface area contributed by atoms with E-state index in [2.05, 4.69) is 23.7 Å². The minimum absolute atomic E-state index is 0.345. The smallest absolute Gasteiger partial charge is 0.357 e. The zero-order chi connectivity index (χ0) is 14.5. The molecule has 1 aliphatic rings. The number of anilines is 1. The van der Waals surface area contributed by atoms with Crippen LogP contribution in [0.15, 0.2) is 5.38 Å². The summed E-state index contributed by atoms with van der Waals surface area (Å²) in [5.74, 6) is 0.335. The third-order valence-electron chi connectivity index (χ3n) is 3.85. The maximum Gasteiger partial charge on any atom is 0.357 e. The first-order chi connectivity index (χ1) is 9.61. The lowest BCUT2D eigenvalue weighted by Crippen LogP contribution is -2.34. The number of aromatic nitrogens is 1. The van der Waals surface area contributed by atoms with Gasteiger partial charge in [0.05, 0.1) is 7.11 Å². The van der Waals surface area contributed by atoms with Crippen molar-refractivity contribution >= 4 is 22.4 Å². The molecular weight excluding hydrogens is 272 g/mol. The van der Waals surface area contributed by atoms with Gasteiger partial charge in [-0.1, -0.05) is 26.7 Å². The zero-order valence-electron chi connectivity index (χ0n) is 12.6. The lowest BCUT2D eigenvalue weighted by Gasteiger charge is -2.29. The van der Waals surface area contributed by atoms with Gasteiger partial charge >= 0.3 is 5.97 Å². The van der Waals surface area contributed by atoms with Crippen LogP contribution in [0.2, 0.25) is 0 Å². The minimum atomic E-state index is -0.345. The topological polar surface area (TPSA) is 42.4 Å². The van der Waals surface area contributed by atoms with Gasteiger partial charge in [0.25, 0.3) is 0 Å². The molecular formula is C15H24N2O2S. The molecule has 0 unspecified atom stereocenters. The van der Waals surface area contributed by atoms with E-state index >= 15 is 0 Å². The third kappa shape index (κ3) is 3.72. The van der Waals surface area contributed by atoms with E-state index in [1.807, 2.05) is 0 Å². The van der Waals surface area contributed by atoms with Crippen LogP contribution in [0.5, 0.6) is 0 Å². The van der Waals surface area contributed by atoms with Crippen LogP contribution in [0.25, 0.3) is 0 Å². The molecule has 5 heteroatoms. The SMILES string of the molecule is COC(=O)c1csc(N(CCC(C)C)C2CCCC2)n1. The summed E-state index contributed by atoms with van der Waals surface area (Å²) in [7, 11) is 1.40. The molecule has 0 atom stereocenters. The van der Waals surface area contributed by atoms with Crippen molar-refractivity contribution in [3.8, 4) is 0 Å². The van der Waals surface area contributed by atoms with Gasteiger partial charge in [-0.15, -0.1) is 11.3 Å². The average molecular weight is 296 g/mol. The van der Waals surface area contributed by atoms with E-state index in [0.717, 1.165) is 18.1 Å². The van der Waals surface area contributed by atoms with Crippen molar-refractivity contribution < 1.29 is 9.53 Å². The first-order valence-electron chi connectivity index (χ1n) is 7.42. The highest BCUT2D eigenvalue weighted by Gasteiger charge is 2.25. The molecule has 1 aromatic heterocycles. The summed E-state index contributed by atoms with van der Waals surface area (Å²) >= 11 is 1.55. The molecule has 1 aliphatic carbocycles. The molecule has 1 saturated carbocycles. The summed E-state index contributed by atoms with van der Waals surface area (Å²) in [4.78, 5) is 18.4. The Bertz CT molecular complexity index is 439. The van der Waals surface area contributed by atoms with Crippen LogP contribution in [-0.4, -0.2) is 30.6 Å². The fourth-order valence-corrected chi connectivity index (χ4v) is 3.53. The predicted octanol–water partition coefficient (Wildman–Crippen LogP) is 3.72. The first kappa shape index (κ1) is 15.3. The number of carbonyl (C=O) groups is 1. The predicted molar refractivity (Wildman–Crippen MR) is 82.5 cm³/mol. The van der Waals surface area contributed by atoms with Crippen molar-refractivity contribution in [2.24, 2.45) is 5.92 Å². The van der Waals surface area contributed by atoms with Crippen molar-refractivity contribution in [2.75, 3.05) is 18.6 Å². The van der Waals surface area contributed by atoms with Gasteiger partial charge in [0.15, 0.2) is 10.8 Å². The van der Waals surface area contributed by atoms with Gasteiger partial charge in [-0.25, -0.2) is 9.78 Å². The first-order valence-corrected chi connectivity index (χ1v) is 8.30. The maximum atomic E-state index is 11.5. The average Bonchev–Trinajstić information content (AvgIpc) is 3.09. The Balaban J connectivity index is 2.12. The van der Waals surface area contributed by atoms with Crippen LogP contribution in [0.4, 0.5) is 5.13 Å². The molecule has 0 amide bonds. The summed E-state index contributed by atoms with van der Waals surface area (Å²) in [6.45, 7) is 5.51. The van der Waals surface area contributed by atoms with E-state index < -0.39 is 0 Å². The van der Waals surface area contributed by atoms with Gasteiger partial charge in [0, 0.05) is 18.0 Å². The van der Waals surface area contributed by atoms with Crippen molar-refractivity contribution in [1.82, 2.24) is 4.98 Å². The Labute approximate surface area is 125 Å². The Kier molecular flexibility index (Phi) is 5.40. The number of esters is 1. The number of hydrogen-bond donors (Lipinski definition) is 0. The van der Waals surface area contributed by atoms with Crippen molar-refractivity contribution in [1.29, 1.82) is 0 Å². The number of nitrogens with zero attached hydrogens (tertiary/aromatic N) is 2. The molecule has 0 radical (unpaired) electrons. The number of hydrogen-bond acceptors (Lipinski definition) is 5. The van der Waals surface area contributed by atoms with Crippen LogP contribution in [0.1, 0.15) is 56.4 Å². The second kappa shape index (κ2) is 7.07. The van der Waals surface area contributed by atoms with Crippen molar-refractivity contribution in [3.63, 3.8) is 0 Å². The van der Waals surface area contributed by atoms with Gasteiger partial charge in [0.1, 0.15) is 0 Å². The molecule has 2 rings (SSSR count). The molecule has 1 fully saturated rings. The molecule has 0 saturated heterocycles. The minimum Gasteiger partial charge on any atom is -0.464 e. The molecule has 4 nitrogen and oxygen atoms in total. The highest BCUT2D eigenvalue weighted by Crippen LogP contribution is 2.31. The van der Waals surface area contributed by atoms with E-state index in [0.29, 0.717) is 17.7 Å². The van der Waals surface area contributed by atoms with Gasteiger partial charge in [-0.3, -0.25) is 0 Å². The van der Waals surface area contributed by atoms with Crippen LogP contribution < -0.4 is 4.90 Å². The summed E-state index contributed by atoms with van der Waals surface area (Å²) < 4.78 is 4.74. The Morgan fingerprint density at radius 1 is 1.50 bits per heavy atom. The van der Waals surface area contributed by atoms with E-state index in [1.54, 1.807) is 16.7 Å². The second-order valence-corrected chi connectivity index (χ2v) is 6.66. The molecule has 112 valence electrons. The number of thiazole rings is 1. The standard InChI is InChI=1S/C15H24N2O2S/c1-11(2)8-9-17(12-6-4-5-7-12)15-16-13(10-20-15)14(18)19-3/h10-12H,4-9H2,1-3H3. The summed E-state index contributed by atoms with van der Waals surface area (Å²) in [6.07, 6.45) is 6.25. The lowest BCUT2D eigenvalue weighted by molar-refractivity contribution is 0.0595. The number of rotatable bonds is 6. The summed E-state index contributed by atoms with van der Waals surface area (Å²) in [5, 5.41) is 2.77. The van der Waals surface area contributed by atoms with E-state index in [-0.39, 0.29) is 5.97 Å². The van der Waals surface area contributed by atoms with Crippen LogP contribution >= 0.6 is 11.3 Å². The quantitative estimate of drug-likeness (QED) is 0.750. The normalized spacial score (nSPS) is 15.8. The van der Waals surface area contributed by atoms with Crippen LogP contribution in [0.3, 0.4) is 0 Å². The largest absolute Gasteiger partial charge is 0.464 e. The molecule has 0 spiro atoms. The molecule has 0 aliphatic heterocycles. The lowest BCUT2D eigenvalue weighted by atomic mass is 10.1. The molecule has 0 aromatic carbocycles. The van der Waals surface area contributed by atoms with Gasteiger partial charge in [0.2, 0.25) is 0 Å². The summed E-state index contributed by atoms with van der Waals surface area (Å²) in [6, 6.07) is 0.588. The highest BCUT2D eigenvalue weighted by molar-refractivity contribution is 7.13. The van der Waals surface area contributed by atoms with Crippen molar-refractivity contribution in [3.05, 3.63) is 11.1 Å². The molecule has 0 N–H and O–H groups in total. The summed E-state index contributed by atoms with van der Waals surface area (Å²) in [5.41, 5.74) is 0.431. The van der Waals surface area contributed by atoms with Crippen LogP contribution in [0, 0.1) is 5.92 Å². The van der Waals surface area contributed by atoms with Crippen LogP contribution in [-0.2, 0) is 4.74 Å². The zero-order valence-corrected chi connectivity index (χ0v) is 13.4. The maximum absolute atomic E-state index is 11.5. The van der Waals surface area contributed by atoms with Gasteiger partial charge in [-0.2, -0.15) is 0 Å². The number of ether oxygens (including phenoxy) is 1. The number of carbonyl (C=O) groups excluding carboxylic acids is 1. The van der Waals surface area contributed by atoms with Gasteiger partial charge in [-0.05, 0) is 25.2 Å². The van der Waals surface area contributed by atoms with E-state index in [9.17, 15) is 4.79 Å². The third-order valence-corrected chi connectivity index (χ3v) is 4.72. The fourth-order valence-electron chi connectivity index (χ4n) is 2.64.